The molecular formula is C23H15N5O12S2. The summed E-state index contributed by atoms with van der Waals surface area (Å²) in [6.07, 6.45) is 0. The molecule has 0 saturated carbocycles. The van der Waals surface area contributed by atoms with Crippen LogP contribution in [0.25, 0.3) is 10.8 Å². The van der Waals surface area contributed by atoms with Gasteiger partial charge in [0.05, 0.1) is 15.9 Å². The summed E-state index contributed by atoms with van der Waals surface area (Å²) in [6, 6.07) is 11.1. The van der Waals surface area contributed by atoms with Crippen LogP contribution in [-0.4, -0.2) is 52.2 Å². The van der Waals surface area contributed by atoms with Crippen molar-refractivity contribution in [3.63, 3.8) is 0 Å². The van der Waals surface area contributed by atoms with Crippen molar-refractivity contribution in [3.8, 4) is 11.5 Å². The second-order valence-corrected chi connectivity index (χ2v) is 10.9. The molecule has 0 saturated heterocycles. The van der Waals surface area contributed by atoms with E-state index in [0.717, 1.165) is 18.2 Å². The van der Waals surface area contributed by atoms with Crippen LogP contribution in [0.1, 0.15) is 10.4 Å². The number of azo groups is 2. The van der Waals surface area contributed by atoms with E-state index >= 15 is 0 Å². The van der Waals surface area contributed by atoms with Crippen LogP contribution >= 0.6 is 0 Å². The normalized spacial score (nSPS) is 12.3. The van der Waals surface area contributed by atoms with Gasteiger partial charge < -0.3 is 15.3 Å². The van der Waals surface area contributed by atoms with Crippen molar-refractivity contribution in [3.05, 3.63) is 76.3 Å². The van der Waals surface area contributed by atoms with E-state index in [2.05, 4.69) is 20.5 Å². The van der Waals surface area contributed by atoms with Crippen LogP contribution < -0.4 is 0 Å². The quantitative estimate of drug-likeness (QED) is 0.0739. The molecule has 0 amide bonds. The minimum absolute atomic E-state index is 0.296. The van der Waals surface area contributed by atoms with Gasteiger partial charge in [-0.2, -0.15) is 16.8 Å². The van der Waals surface area contributed by atoms with Crippen LogP contribution in [0.2, 0.25) is 0 Å². The number of phenolic OH excluding ortho intramolecular Hbond substituents is 2. The number of nitro benzene ring substituents is 1. The molecule has 19 heteroatoms. The van der Waals surface area contributed by atoms with Gasteiger partial charge in [0.1, 0.15) is 26.9 Å². The summed E-state index contributed by atoms with van der Waals surface area (Å²) in [5.74, 6) is -3.83. The average molecular weight is 618 g/mol. The van der Waals surface area contributed by atoms with Crippen molar-refractivity contribution in [2.24, 2.45) is 20.5 Å². The Kier molecular flexibility index (Phi) is 7.68. The number of hydrogen-bond acceptors (Lipinski definition) is 13. The molecule has 0 unspecified atom stereocenters. The number of carbonyl (C=O) groups is 1. The number of hydrogen-bond donors (Lipinski definition) is 5. The van der Waals surface area contributed by atoms with Gasteiger partial charge in [-0.15, -0.1) is 20.5 Å². The van der Waals surface area contributed by atoms with Crippen molar-refractivity contribution in [1.82, 2.24) is 0 Å². The number of carboxylic acid groups (broad SMARTS) is 1. The summed E-state index contributed by atoms with van der Waals surface area (Å²) in [4.78, 5) is 19.6. The molecule has 5 N–H and O–H groups in total. The predicted octanol–water partition coefficient (Wildman–Crippen LogP) is 5.18. The standard InChI is InChI=1S/C23H15N5O12S2/c29-21-18-11(9-16(41(35,36)37)19(21)26-24-13-6-2-1-5-12(13)23(31)32)10-17(42(38,39)40)20(22(18)30)27-25-14-7-3-4-8-15(14)28(33)34/h1-10,29-30H,(H,31,32)(H,35,36,37)(H,38,39,40). The van der Waals surface area contributed by atoms with Gasteiger partial charge in [-0.05, 0) is 35.7 Å². The molecule has 0 heterocycles. The number of aromatic carboxylic acids is 1. The first-order valence-corrected chi connectivity index (χ1v) is 13.9. The van der Waals surface area contributed by atoms with E-state index in [1.807, 2.05) is 0 Å². The summed E-state index contributed by atoms with van der Waals surface area (Å²) in [6.45, 7) is 0. The van der Waals surface area contributed by atoms with E-state index in [1.165, 1.54) is 30.3 Å². The molecule has 0 aliphatic rings. The van der Waals surface area contributed by atoms with Crippen molar-refractivity contribution in [2.45, 2.75) is 9.79 Å². The Labute approximate surface area is 234 Å². The Morgan fingerprint density at radius 3 is 1.67 bits per heavy atom. The van der Waals surface area contributed by atoms with Gasteiger partial charge >= 0.3 is 5.97 Å². The van der Waals surface area contributed by atoms with E-state index in [0.29, 0.717) is 12.1 Å². The summed E-state index contributed by atoms with van der Waals surface area (Å²) < 4.78 is 68.1. The van der Waals surface area contributed by atoms with E-state index in [9.17, 15) is 56.2 Å². The van der Waals surface area contributed by atoms with Crippen molar-refractivity contribution >= 4 is 65.4 Å². The smallest absolute Gasteiger partial charge is 0.337 e. The monoisotopic (exact) mass is 617 g/mol. The third kappa shape index (κ3) is 5.74. The summed E-state index contributed by atoms with van der Waals surface area (Å²) in [5.41, 5.74) is -3.62. The van der Waals surface area contributed by atoms with Crippen molar-refractivity contribution in [2.75, 3.05) is 0 Å². The van der Waals surface area contributed by atoms with Gasteiger partial charge in [-0.1, -0.05) is 24.3 Å². The highest BCUT2D eigenvalue weighted by Gasteiger charge is 2.29. The topological polar surface area (TPSA) is 279 Å². The van der Waals surface area contributed by atoms with Gasteiger partial charge in [0.2, 0.25) is 0 Å². The minimum atomic E-state index is -5.25. The summed E-state index contributed by atoms with van der Waals surface area (Å²) >= 11 is 0. The highest BCUT2D eigenvalue weighted by molar-refractivity contribution is 7.86. The highest BCUT2D eigenvalue weighted by Crippen LogP contribution is 2.50. The number of fused-ring (bicyclic) bond motifs is 1. The molecule has 0 aliphatic carbocycles. The van der Waals surface area contributed by atoms with Gasteiger partial charge in [0, 0.05) is 6.07 Å². The van der Waals surface area contributed by atoms with Crippen molar-refractivity contribution < 1.29 is 51.0 Å². The summed E-state index contributed by atoms with van der Waals surface area (Å²) in [5, 5.41) is 55.6. The highest BCUT2D eigenvalue weighted by atomic mass is 32.2. The largest absolute Gasteiger partial charge is 0.505 e. The Morgan fingerprint density at radius 1 is 0.738 bits per heavy atom. The van der Waals surface area contributed by atoms with E-state index in [4.69, 9.17) is 0 Å². The van der Waals surface area contributed by atoms with Crippen LogP contribution in [0, 0.1) is 10.1 Å². The molecule has 17 nitrogen and oxygen atoms in total. The number of rotatable bonds is 8. The second-order valence-electron chi connectivity index (χ2n) is 8.16. The van der Waals surface area contributed by atoms with Gasteiger partial charge in [-0.25, -0.2) is 4.79 Å². The fourth-order valence-electron chi connectivity index (χ4n) is 3.70. The van der Waals surface area contributed by atoms with Crippen LogP contribution in [0.15, 0.2) is 90.9 Å². The van der Waals surface area contributed by atoms with E-state index in [1.54, 1.807) is 0 Å². The average Bonchev–Trinajstić information content (AvgIpc) is 2.90. The molecule has 0 bridgehead atoms. The van der Waals surface area contributed by atoms with E-state index < -0.39 is 80.3 Å². The fraction of sp³-hybridized carbons (Fsp3) is 0. The van der Waals surface area contributed by atoms with Crippen LogP contribution in [0.4, 0.5) is 28.4 Å². The lowest BCUT2D eigenvalue weighted by Gasteiger charge is -2.13. The molecule has 4 aromatic rings. The Morgan fingerprint density at radius 2 is 1.19 bits per heavy atom. The minimum Gasteiger partial charge on any atom is -0.505 e. The lowest BCUT2D eigenvalue weighted by atomic mass is 10.1. The Bertz CT molecular complexity index is 1930. The van der Waals surface area contributed by atoms with Crippen LogP contribution in [-0.2, 0) is 20.2 Å². The first-order chi connectivity index (χ1) is 19.6. The first kappa shape index (κ1) is 29.6. The number of nitrogens with zero attached hydrogens (tertiary/aromatic N) is 5. The molecule has 4 aromatic carbocycles. The van der Waals surface area contributed by atoms with Crippen LogP contribution in [0.3, 0.4) is 0 Å². The van der Waals surface area contributed by atoms with Crippen LogP contribution in [0.5, 0.6) is 11.5 Å². The fourth-order valence-corrected chi connectivity index (χ4v) is 5.02. The lowest BCUT2D eigenvalue weighted by molar-refractivity contribution is -0.384. The zero-order chi connectivity index (χ0) is 31.0. The maximum atomic E-state index is 12.1. The molecule has 0 fully saturated rings. The number of phenols is 2. The SMILES string of the molecule is O=C(O)c1ccccc1N=Nc1c(S(=O)(=O)O)cc2cc(S(=O)(=O)O)c(N=Nc3ccccc3[N+](=O)[O-])c(O)c2c1O. The third-order valence-electron chi connectivity index (χ3n) is 5.54. The van der Waals surface area contributed by atoms with Gasteiger partial charge in [-0.3, -0.25) is 19.2 Å². The molecule has 0 radical (unpaired) electrons. The maximum Gasteiger partial charge on any atom is 0.337 e. The molecule has 0 aromatic heterocycles. The third-order valence-corrected chi connectivity index (χ3v) is 7.27. The zero-order valence-electron chi connectivity index (χ0n) is 20.4. The molecule has 4 rings (SSSR count). The maximum absolute atomic E-state index is 12.1. The van der Waals surface area contributed by atoms with Crippen molar-refractivity contribution in [1.29, 1.82) is 0 Å². The molecular weight excluding hydrogens is 602 g/mol. The molecule has 42 heavy (non-hydrogen) atoms. The number of para-hydroxylation sites is 1. The summed E-state index contributed by atoms with van der Waals surface area (Å²) in [7, 11) is -10.5. The molecule has 0 aliphatic heterocycles. The number of carboxylic acids is 1. The first-order valence-electron chi connectivity index (χ1n) is 11.0. The number of aromatic hydroxyl groups is 2. The van der Waals surface area contributed by atoms with Gasteiger partial charge in [0.15, 0.2) is 17.2 Å². The molecule has 216 valence electrons. The second kappa shape index (κ2) is 10.9. The lowest BCUT2D eigenvalue weighted by Crippen LogP contribution is -2.02. The zero-order valence-corrected chi connectivity index (χ0v) is 22.1. The predicted molar refractivity (Wildman–Crippen MR) is 142 cm³/mol. The molecule has 0 atom stereocenters. The number of benzene rings is 4. The van der Waals surface area contributed by atoms with Gasteiger partial charge in [0.25, 0.3) is 25.9 Å². The number of nitro groups is 1. The Hall–Kier alpha value is -5.37. The Balaban J connectivity index is 2.05. The van der Waals surface area contributed by atoms with E-state index in [-0.39, 0.29) is 16.9 Å². The molecule has 0 spiro atoms.